The van der Waals surface area contributed by atoms with E-state index in [0.717, 1.165) is 11.1 Å². The number of hydrogen-bond acceptors (Lipinski definition) is 4. The average Bonchev–Trinajstić information content (AvgIpc) is 2.62. The monoisotopic (exact) mass is 306 g/mol. The molecule has 23 heavy (non-hydrogen) atoms. The first kappa shape index (κ1) is 14.7. The van der Waals surface area contributed by atoms with E-state index in [1.165, 1.54) is 6.20 Å². The van der Waals surface area contributed by atoms with Crippen LogP contribution in [0.4, 0.5) is 5.69 Å². The fourth-order valence-corrected chi connectivity index (χ4v) is 2.45. The summed E-state index contributed by atoms with van der Waals surface area (Å²) in [7, 11) is 1.59. The maximum atomic E-state index is 11.1. The minimum atomic E-state index is -0.439. The number of nitrogens with zero attached hydrogens (tertiary/aromatic N) is 2. The molecule has 0 saturated carbocycles. The van der Waals surface area contributed by atoms with Gasteiger partial charge in [0.15, 0.2) is 0 Å². The summed E-state index contributed by atoms with van der Waals surface area (Å²) in [5.74, 6) is 0.672. The lowest BCUT2D eigenvalue weighted by Gasteiger charge is -2.12. The minimum Gasteiger partial charge on any atom is -0.496 e. The Morgan fingerprint density at radius 2 is 1.70 bits per heavy atom. The van der Waals surface area contributed by atoms with Gasteiger partial charge in [-0.3, -0.25) is 10.1 Å². The predicted octanol–water partition coefficient (Wildman–Crippen LogP) is 4.33. The first-order chi connectivity index (χ1) is 11.2. The summed E-state index contributed by atoms with van der Waals surface area (Å²) in [5, 5.41) is 11.1. The Labute approximate surface area is 133 Å². The highest BCUT2D eigenvalue weighted by molar-refractivity contribution is 5.84. The maximum absolute atomic E-state index is 11.1. The van der Waals surface area contributed by atoms with Crippen molar-refractivity contribution in [2.24, 2.45) is 0 Å². The Morgan fingerprint density at radius 3 is 2.39 bits per heavy atom. The van der Waals surface area contributed by atoms with E-state index in [2.05, 4.69) is 4.98 Å². The van der Waals surface area contributed by atoms with Crippen LogP contribution >= 0.6 is 0 Å². The van der Waals surface area contributed by atoms with Crippen LogP contribution in [0.3, 0.4) is 0 Å². The zero-order chi connectivity index (χ0) is 16.2. The van der Waals surface area contributed by atoms with Gasteiger partial charge in [-0.1, -0.05) is 42.5 Å². The highest BCUT2D eigenvalue weighted by Crippen LogP contribution is 2.37. The standard InChI is InChI=1S/C18H14N2O3/c1-23-17-10-6-5-9-15(17)18-16(13-7-3-2-4-8-13)11-14(12-19-18)20(21)22/h2-12H,1H3. The summed E-state index contributed by atoms with van der Waals surface area (Å²) in [5.41, 5.74) is 2.97. The largest absolute Gasteiger partial charge is 0.496 e. The van der Waals surface area contributed by atoms with Crippen LogP contribution in [0.25, 0.3) is 22.4 Å². The second kappa shape index (κ2) is 6.27. The summed E-state index contributed by atoms with van der Waals surface area (Å²) >= 11 is 0. The summed E-state index contributed by atoms with van der Waals surface area (Å²) in [4.78, 5) is 15.0. The molecule has 114 valence electrons. The van der Waals surface area contributed by atoms with Gasteiger partial charge in [-0.25, -0.2) is 4.98 Å². The highest BCUT2D eigenvalue weighted by atomic mass is 16.6. The number of rotatable bonds is 4. The normalized spacial score (nSPS) is 10.3. The number of nitro groups is 1. The van der Waals surface area contributed by atoms with E-state index < -0.39 is 4.92 Å². The first-order valence-corrected chi connectivity index (χ1v) is 7.04. The van der Waals surface area contributed by atoms with E-state index in [0.29, 0.717) is 17.0 Å². The first-order valence-electron chi connectivity index (χ1n) is 7.04. The van der Waals surface area contributed by atoms with E-state index in [1.807, 2.05) is 54.6 Å². The molecule has 0 radical (unpaired) electrons. The van der Waals surface area contributed by atoms with E-state index in [4.69, 9.17) is 4.74 Å². The molecule has 0 atom stereocenters. The molecule has 1 heterocycles. The number of para-hydroxylation sites is 1. The van der Waals surface area contributed by atoms with E-state index in [1.54, 1.807) is 13.2 Å². The maximum Gasteiger partial charge on any atom is 0.288 e. The van der Waals surface area contributed by atoms with Gasteiger partial charge in [-0.15, -0.1) is 0 Å². The minimum absolute atomic E-state index is 0.0394. The molecule has 1 aromatic heterocycles. The second-order valence-corrected chi connectivity index (χ2v) is 4.91. The molecule has 0 N–H and O–H groups in total. The highest BCUT2D eigenvalue weighted by Gasteiger charge is 2.17. The molecule has 0 saturated heterocycles. The number of ether oxygens (including phenoxy) is 1. The molecule has 0 fully saturated rings. The molecule has 0 aliphatic carbocycles. The van der Waals surface area contributed by atoms with Crippen molar-refractivity contribution in [3.8, 4) is 28.1 Å². The summed E-state index contributed by atoms with van der Waals surface area (Å²) in [6.07, 6.45) is 1.27. The number of pyridine rings is 1. The van der Waals surface area contributed by atoms with Crippen LogP contribution in [0, 0.1) is 10.1 Å². The van der Waals surface area contributed by atoms with Gasteiger partial charge in [0.1, 0.15) is 11.9 Å². The molecule has 3 rings (SSSR count). The molecule has 0 spiro atoms. The molecule has 0 unspecified atom stereocenters. The van der Waals surface area contributed by atoms with Crippen molar-refractivity contribution in [2.45, 2.75) is 0 Å². The summed E-state index contributed by atoms with van der Waals surface area (Å²) < 4.78 is 5.39. The van der Waals surface area contributed by atoms with Gasteiger partial charge in [-0.05, 0) is 17.7 Å². The SMILES string of the molecule is COc1ccccc1-c1ncc([N+](=O)[O-])cc1-c1ccccc1. The Balaban J connectivity index is 2.26. The van der Waals surface area contributed by atoms with Crippen molar-refractivity contribution in [1.29, 1.82) is 0 Å². The van der Waals surface area contributed by atoms with Gasteiger partial charge in [0.25, 0.3) is 5.69 Å². The van der Waals surface area contributed by atoms with Crippen molar-refractivity contribution in [1.82, 2.24) is 4.98 Å². The van der Waals surface area contributed by atoms with Crippen LogP contribution in [0.1, 0.15) is 0 Å². The molecule has 5 heteroatoms. The zero-order valence-corrected chi connectivity index (χ0v) is 12.5. The van der Waals surface area contributed by atoms with Gasteiger partial charge < -0.3 is 4.74 Å². The number of aromatic nitrogens is 1. The van der Waals surface area contributed by atoms with Crippen molar-refractivity contribution >= 4 is 5.69 Å². The third-order valence-corrected chi connectivity index (χ3v) is 3.53. The molecule has 2 aromatic carbocycles. The van der Waals surface area contributed by atoms with Crippen LogP contribution in [-0.2, 0) is 0 Å². The number of benzene rings is 2. The zero-order valence-electron chi connectivity index (χ0n) is 12.5. The Bertz CT molecular complexity index is 848. The topological polar surface area (TPSA) is 65.3 Å². The molecule has 0 bridgehead atoms. The fourth-order valence-electron chi connectivity index (χ4n) is 2.45. The van der Waals surface area contributed by atoms with Gasteiger partial charge in [0.05, 0.1) is 17.7 Å². The van der Waals surface area contributed by atoms with Crippen molar-refractivity contribution in [3.05, 3.63) is 77.0 Å². The molecular weight excluding hydrogens is 292 g/mol. The van der Waals surface area contributed by atoms with E-state index >= 15 is 0 Å². The summed E-state index contributed by atoms with van der Waals surface area (Å²) in [6.45, 7) is 0. The Morgan fingerprint density at radius 1 is 1.00 bits per heavy atom. The van der Waals surface area contributed by atoms with Gasteiger partial charge in [0.2, 0.25) is 0 Å². The Kier molecular flexibility index (Phi) is 4.01. The van der Waals surface area contributed by atoms with Crippen LogP contribution in [-0.4, -0.2) is 17.0 Å². The molecular formula is C18H14N2O3. The molecule has 0 aliphatic heterocycles. The molecule has 0 aliphatic rings. The van der Waals surface area contributed by atoms with Crippen LogP contribution in [0.5, 0.6) is 5.75 Å². The van der Waals surface area contributed by atoms with Gasteiger partial charge in [-0.2, -0.15) is 0 Å². The predicted molar refractivity (Wildman–Crippen MR) is 88.3 cm³/mol. The van der Waals surface area contributed by atoms with Crippen LogP contribution < -0.4 is 4.74 Å². The van der Waals surface area contributed by atoms with Crippen LogP contribution in [0.15, 0.2) is 66.9 Å². The lowest BCUT2D eigenvalue weighted by Crippen LogP contribution is -1.96. The molecule has 0 amide bonds. The second-order valence-electron chi connectivity index (χ2n) is 4.91. The smallest absolute Gasteiger partial charge is 0.288 e. The van der Waals surface area contributed by atoms with Crippen molar-refractivity contribution in [3.63, 3.8) is 0 Å². The summed E-state index contributed by atoms with van der Waals surface area (Å²) in [6, 6.07) is 18.5. The molecule has 5 nitrogen and oxygen atoms in total. The third-order valence-electron chi connectivity index (χ3n) is 3.53. The number of hydrogen-bond donors (Lipinski definition) is 0. The lowest BCUT2D eigenvalue weighted by molar-refractivity contribution is -0.385. The van der Waals surface area contributed by atoms with Gasteiger partial charge in [0, 0.05) is 17.2 Å². The quantitative estimate of drug-likeness (QED) is 0.531. The van der Waals surface area contributed by atoms with Gasteiger partial charge >= 0.3 is 0 Å². The lowest BCUT2D eigenvalue weighted by atomic mass is 9.98. The van der Waals surface area contributed by atoms with Crippen molar-refractivity contribution in [2.75, 3.05) is 7.11 Å². The fraction of sp³-hybridized carbons (Fsp3) is 0.0556. The van der Waals surface area contributed by atoms with Crippen LogP contribution in [0.2, 0.25) is 0 Å². The number of methoxy groups -OCH3 is 1. The third kappa shape index (κ3) is 2.89. The van der Waals surface area contributed by atoms with E-state index in [9.17, 15) is 10.1 Å². The van der Waals surface area contributed by atoms with E-state index in [-0.39, 0.29) is 5.69 Å². The Hall–Kier alpha value is -3.21. The average molecular weight is 306 g/mol. The molecule has 3 aromatic rings. The van der Waals surface area contributed by atoms with Crippen molar-refractivity contribution < 1.29 is 9.66 Å².